The van der Waals surface area contributed by atoms with E-state index in [1.165, 1.54) is 10.9 Å². The molecular formula is C11H17N3O4. The van der Waals surface area contributed by atoms with Crippen LogP contribution >= 0.6 is 0 Å². The average Bonchev–Trinajstić information content (AvgIpc) is 2.57. The van der Waals surface area contributed by atoms with E-state index < -0.39 is 17.7 Å². The monoisotopic (exact) mass is 255 g/mol. The van der Waals surface area contributed by atoms with E-state index >= 15 is 0 Å². The Balaban J connectivity index is 2.86. The quantitative estimate of drug-likeness (QED) is 0.860. The van der Waals surface area contributed by atoms with E-state index in [9.17, 15) is 9.59 Å². The molecule has 0 bridgehead atoms. The van der Waals surface area contributed by atoms with Gasteiger partial charge < -0.3 is 9.84 Å². The van der Waals surface area contributed by atoms with Crippen LogP contribution in [0.15, 0.2) is 6.20 Å². The molecule has 1 heterocycles. The van der Waals surface area contributed by atoms with Gasteiger partial charge >= 0.3 is 12.1 Å². The van der Waals surface area contributed by atoms with Gasteiger partial charge in [-0.15, -0.1) is 0 Å². The van der Waals surface area contributed by atoms with Crippen molar-refractivity contribution in [3.63, 3.8) is 0 Å². The van der Waals surface area contributed by atoms with E-state index in [2.05, 4.69) is 10.4 Å². The standard InChI is InChI=1S/C11H17N3O4/c1-5-14-6-7(8(13-14)9(15)16)12-10(17)18-11(2,3)4/h6H,5H2,1-4H3,(H,12,17)(H,15,16). The SMILES string of the molecule is CCn1cc(NC(=O)OC(C)(C)C)c(C(=O)O)n1. The minimum Gasteiger partial charge on any atom is -0.476 e. The summed E-state index contributed by atoms with van der Waals surface area (Å²) in [5.74, 6) is -1.20. The van der Waals surface area contributed by atoms with Crippen molar-refractivity contribution in [3.8, 4) is 0 Å². The fraction of sp³-hybridized carbons (Fsp3) is 0.545. The second kappa shape index (κ2) is 5.07. The zero-order chi connectivity index (χ0) is 13.9. The van der Waals surface area contributed by atoms with Gasteiger partial charge in [-0.05, 0) is 27.7 Å². The summed E-state index contributed by atoms with van der Waals surface area (Å²) in [6.45, 7) is 7.49. The highest BCUT2D eigenvalue weighted by molar-refractivity contribution is 5.96. The number of carboxylic acids is 1. The van der Waals surface area contributed by atoms with Crippen molar-refractivity contribution < 1.29 is 19.4 Å². The lowest BCUT2D eigenvalue weighted by atomic mass is 10.2. The normalized spacial score (nSPS) is 11.1. The average molecular weight is 255 g/mol. The maximum Gasteiger partial charge on any atom is 0.412 e. The summed E-state index contributed by atoms with van der Waals surface area (Å²) in [6, 6.07) is 0. The Bertz CT molecular complexity index is 459. The van der Waals surface area contributed by atoms with Gasteiger partial charge in [0.15, 0.2) is 5.69 Å². The number of aromatic carboxylic acids is 1. The Morgan fingerprint density at radius 2 is 2.11 bits per heavy atom. The molecule has 18 heavy (non-hydrogen) atoms. The third-order valence-electron chi connectivity index (χ3n) is 1.92. The van der Waals surface area contributed by atoms with Crippen LogP contribution in [0.2, 0.25) is 0 Å². The molecule has 7 nitrogen and oxygen atoms in total. The fourth-order valence-corrected chi connectivity index (χ4v) is 1.25. The molecule has 0 fully saturated rings. The van der Waals surface area contributed by atoms with Crippen LogP contribution in [0.3, 0.4) is 0 Å². The number of carbonyl (C=O) groups excluding carboxylic acids is 1. The maximum absolute atomic E-state index is 11.5. The topological polar surface area (TPSA) is 93.5 Å². The number of hydrogen-bond acceptors (Lipinski definition) is 4. The lowest BCUT2D eigenvalue weighted by Gasteiger charge is -2.19. The Labute approximate surface area is 105 Å². The number of aromatic nitrogens is 2. The molecule has 2 N–H and O–H groups in total. The lowest BCUT2D eigenvalue weighted by molar-refractivity contribution is 0.0636. The zero-order valence-electron chi connectivity index (χ0n) is 10.9. The van der Waals surface area contributed by atoms with Gasteiger partial charge in [0.05, 0.1) is 5.69 Å². The molecule has 0 saturated carbocycles. The molecule has 1 amide bonds. The Morgan fingerprint density at radius 3 is 2.56 bits per heavy atom. The molecule has 0 radical (unpaired) electrons. The number of anilines is 1. The van der Waals surface area contributed by atoms with Crippen LogP contribution in [0.4, 0.5) is 10.5 Å². The number of amides is 1. The summed E-state index contributed by atoms with van der Waals surface area (Å²) >= 11 is 0. The van der Waals surface area contributed by atoms with E-state index in [0.29, 0.717) is 6.54 Å². The number of carboxylic acid groups (broad SMARTS) is 1. The smallest absolute Gasteiger partial charge is 0.412 e. The van der Waals surface area contributed by atoms with Crippen molar-refractivity contribution in [1.82, 2.24) is 9.78 Å². The molecule has 0 unspecified atom stereocenters. The summed E-state index contributed by atoms with van der Waals surface area (Å²) in [4.78, 5) is 22.5. The van der Waals surface area contributed by atoms with Crippen molar-refractivity contribution >= 4 is 17.7 Å². The zero-order valence-corrected chi connectivity index (χ0v) is 10.9. The van der Waals surface area contributed by atoms with Crippen LogP contribution < -0.4 is 5.32 Å². The molecule has 7 heteroatoms. The number of ether oxygens (including phenoxy) is 1. The highest BCUT2D eigenvalue weighted by atomic mass is 16.6. The van der Waals surface area contributed by atoms with Gasteiger partial charge in [-0.25, -0.2) is 9.59 Å². The summed E-state index contributed by atoms with van der Waals surface area (Å²) in [5.41, 5.74) is -0.727. The Hall–Kier alpha value is -2.05. The molecule has 1 rings (SSSR count). The van der Waals surface area contributed by atoms with Crippen LogP contribution in [0.25, 0.3) is 0 Å². The van der Waals surface area contributed by atoms with Crippen molar-refractivity contribution in [2.75, 3.05) is 5.32 Å². The molecule has 0 aromatic carbocycles. The van der Waals surface area contributed by atoms with Gasteiger partial charge in [0, 0.05) is 12.7 Å². The second-order valence-electron chi connectivity index (χ2n) is 4.68. The van der Waals surface area contributed by atoms with Crippen LogP contribution in [-0.4, -0.2) is 32.6 Å². The number of carbonyl (C=O) groups is 2. The van der Waals surface area contributed by atoms with E-state index in [0.717, 1.165) is 0 Å². The van der Waals surface area contributed by atoms with Crippen LogP contribution in [0.5, 0.6) is 0 Å². The Morgan fingerprint density at radius 1 is 1.50 bits per heavy atom. The fourth-order valence-electron chi connectivity index (χ4n) is 1.25. The molecular weight excluding hydrogens is 238 g/mol. The van der Waals surface area contributed by atoms with Gasteiger partial charge in [-0.2, -0.15) is 5.10 Å². The molecule has 1 aromatic heterocycles. The van der Waals surface area contributed by atoms with Gasteiger partial charge in [-0.3, -0.25) is 10.00 Å². The first-order valence-electron chi connectivity index (χ1n) is 5.53. The van der Waals surface area contributed by atoms with Crippen molar-refractivity contribution in [1.29, 1.82) is 0 Å². The number of rotatable bonds is 3. The molecule has 1 aromatic rings. The van der Waals surface area contributed by atoms with Crippen molar-refractivity contribution in [2.45, 2.75) is 39.8 Å². The summed E-state index contributed by atoms with van der Waals surface area (Å²) in [6.07, 6.45) is 0.744. The molecule has 0 aliphatic heterocycles. The minimum atomic E-state index is -1.20. The number of nitrogens with zero attached hydrogens (tertiary/aromatic N) is 2. The van der Waals surface area contributed by atoms with Gasteiger partial charge in [0.1, 0.15) is 5.60 Å². The van der Waals surface area contributed by atoms with E-state index in [4.69, 9.17) is 9.84 Å². The first-order chi connectivity index (χ1) is 8.23. The minimum absolute atomic E-state index is 0.124. The summed E-state index contributed by atoms with van der Waals surface area (Å²) < 4.78 is 6.47. The van der Waals surface area contributed by atoms with Gasteiger partial charge in [0.25, 0.3) is 0 Å². The predicted molar refractivity (Wildman–Crippen MR) is 64.7 cm³/mol. The van der Waals surface area contributed by atoms with Crippen molar-refractivity contribution in [3.05, 3.63) is 11.9 Å². The third-order valence-corrected chi connectivity index (χ3v) is 1.92. The summed E-state index contributed by atoms with van der Waals surface area (Å²) in [7, 11) is 0. The maximum atomic E-state index is 11.5. The van der Waals surface area contributed by atoms with Gasteiger partial charge in [0.2, 0.25) is 0 Å². The number of hydrogen-bond donors (Lipinski definition) is 2. The molecule has 0 atom stereocenters. The number of aryl methyl sites for hydroxylation is 1. The largest absolute Gasteiger partial charge is 0.476 e. The van der Waals surface area contributed by atoms with E-state index in [-0.39, 0.29) is 11.4 Å². The second-order valence-corrected chi connectivity index (χ2v) is 4.68. The van der Waals surface area contributed by atoms with Crippen molar-refractivity contribution in [2.24, 2.45) is 0 Å². The first kappa shape index (κ1) is 14.0. The number of nitrogens with one attached hydrogen (secondary N) is 1. The van der Waals surface area contributed by atoms with Crippen LogP contribution in [0, 0.1) is 0 Å². The highest BCUT2D eigenvalue weighted by Crippen LogP contribution is 2.16. The molecule has 0 aliphatic carbocycles. The Kier molecular flexibility index (Phi) is 3.95. The van der Waals surface area contributed by atoms with E-state index in [1.54, 1.807) is 20.8 Å². The first-order valence-corrected chi connectivity index (χ1v) is 5.53. The van der Waals surface area contributed by atoms with Crippen LogP contribution in [0.1, 0.15) is 38.2 Å². The lowest BCUT2D eigenvalue weighted by Crippen LogP contribution is -2.27. The molecule has 0 aliphatic rings. The van der Waals surface area contributed by atoms with E-state index in [1.807, 2.05) is 6.92 Å². The molecule has 0 spiro atoms. The summed E-state index contributed by atoms with van der Waals surface area (Å²) in [5, 5.41) is 15.2. The highest BCUT2D eigenvalue weighted by Gasteiger charge is 2.21. The molecule has 100 valence electrons. The molecule has 0 saturated heterocycles. The van der Waals surface area contributed by atoms with Gasteiger partial charge in [-0.1, -0.05) is 0 Å². The predicted octanol–water partition coefficient (Wildman–Crippen LogP) is 1.95. The van der Waals surface area contributed by atoms with Crippen LogP contribution in [-0.2, 0) is 11.3 Å². The third kappa shape index (κ3) is 3.76.